The van der Waals surface area contributed by atoms with Crippen molar-refractivity contribution in [2.45, 2.75) is 271 Å². The lowest BCUT2D eigenvalue weighted by molar-refractivity contribution is -0.167. The SMILES string of the molecule is CC/C=C\C/C=C\C/C=C\CCCCCC(=O)OCC(COC(=O)CCCCCCCCCCC/C=C\CCCCCCCC)OC(=O)CCCCCCC/C=C\C/C=C\CCCCC. The Balaban J connectivity index is 4.40. The summed E-state index contributed by atoms with van der Waals surface area (Å²) in [4.78, 5) is 38.0. The summed E-state index contributed by atoms with van der Waals surface area (Å²) < 4.78 is 16.8. The van der Waals surface area contributed by atoms with Gasteiger partial charge < -0.3 is 14.2 Å². The van der Waals surface area contributed by atoms with Crippen LogP contribution in [0.1, 0.15) is 265 Å². The number of hydrogen-bond acceptors (Lipinski definition) is 6. The van der Waals surface area contributed by atoms with Gasteiger partial charge in [0.05, 0.1) is 0 Å². The van der Waals surface area contributed by atoms with E-state index in [4.69, 9.17) is 14.2 Å². The summed E-state index contributed by atoms with van der Waals surface area (Å²) in [5.74, 6) is -0.934. The number of esters is 3. The Morgan fingerprint density at radius 2 is 0.600 bits per heavy atom. The van der Waals surface area contributed by atoms with Gasteiger partial charge in [-0.25, -0.2) is 0 Å². The number of allylic oxidation sites excluding steroid dienone is 12. The molecule has 65 heavy (non-hydrogen) atoms. The zero-order chi connectivity index (χ0) is 47.2. The van der Waals surface area contributed by atoms with Crippen molar-refractivity contribution in [3.05, 3.63) is 72.9 Å². The molecule has 0 aliphatic rings. The first-order valence-corrected chi connectivity index (χ1v) is 27.4. The predicted molar refractivity (Wildman–Crippen MR) is 279 cm³/mol. The first-order chi connectivity index (χ1) is 32.0. The zero-order valence-electron chi connectivity index (χ0n) is 42.7. The van der Waals surface area contributed by atoms with E-state index in [1.54, 1.807) is 0 Å². The molecule has 0 aliphatic heterocycles. The molecule has 1 unspecified atom stereocenters. The molecule has 0 spiro atoms. The van der Waals surface area contributed by atoms with Gasteiger partial charge in [0.2, 0.25) is 0 Å². The maximum Gasteiger partial charge on any atom is 0.306 e. The second kappa shape index (κ2) is 53.5. The van der Waals surface area contributed by atoms with Crippen molar-refractivity contribution < 1.29 is 28.6 Å². The summed E-state index contributed by atoms with van der Waals surface area (Å²) >= 11 is 0. The molecular weight excluding hydrogens is 805 g/mol. The van der Waals surface area contributed by atoms with Crippen LogP contribution >= 0.6 is 0 Å². The average Bonchev–Trinajstić information content (AvgIpc) is 3.30. The topological polar surface area (TPSA) is 78.9 Å². The van der Waals surface area contributed by atoms with Gasteiger partial charge in [0.25, 0.3) is 0 Å². The summed E-state index contributed by atoms with van der Waals surface area (Å²) in [6.07, 6.45) is 67.5. The molecule has 0 bridgehead atoms. The maximum absolute atomic E-state index is 12.8. The van der Waals surface area contributed by atoms with Gasteiger partial charge in [-0.3, -0.25) is 14.4 Å². The highest BCUT2D eigenvalue weighted by atomic mass is 16.6. The van der Waals surface area contributed by atoms with E-state index >= 15 is 0 Å². The van der Waals surface area contributed by atoms with Crippen molar-refractivity contribution in [3.63, 3.8) is 0 Å². The van der Waals surface area contributed by atoms with Crippen molar-refractivity contribution in [2.24, 2.45) is 0 Å². The van der Waals surface area contributed by atoms with E-state index < -0.39 is 6.10 Å². The fourth-order valence-corrected chi connectivity index (χ4v) is 7.54. The third-order valence-corrected chi connectivity index (χ3v) is 11.7. The molecule has 6 nitrogen and oxygen atoms in total. The van der Waals surface area contributed by atoms with Crippen molar-refractivity contribution >= 4 is 17.9 Å². The molecular formula is C59H102O6. The summed E-state index contributed by atoms with van der Waals surface area (Å²) in [5, 5.41) is 0. The average molecular weight is 907 g/mol. The largest absolute Gasteiger partial charge is 0.462 e. The standard InChI is InChI=1S/C59H102O6/c1-4-7-10-13-16-19-22-25-27-28-29-30-32-34-37-40-43-46-49-52-58(61)64-55-56(54-63-57(60)51-48-45-42-39-36-33-24-21-18-15-12-9-6-3)65-59(62)53-50-47-44-41-38-35-31-26-23-20-17-14-11-8-5-2/h9,12,17-18,20-21,25-27,31,33,36,56H,4-8,10-11,13-16,19,22-24,28-30,32,34-35,37-55H2,1-3H3/b12-9-,20-17-,21-18-,27-25-,31-26-,36-33-. The van der Waals surface area contributed by atoms with Gasteiger partial charge in [0.1, 0.15) is 13.2 Å². The molecule has 6 heteroatoms. The van der Waals surface area contributed by atoms with Gasteiger partial charge in [0, 0.05) is 19.3 Å². The van der Waals surface area contributed by atoms with E-state index in [2.05, 4.69) is 93.7 Å². The Morgan fingerprint density at radius 3 is 1.00 bits per heavy atom. The Morgan fingerprint density at radius 1 is 0.323 bits per heavy atom. The first-order valence-electron chi connectivity index (χ1n) is 27.4. The van der Waals surface area contributed by atoms with Crippen LogP contribution in [0.5, 0.6) is 0 Å². The van der Waals surface area contributed by atoms with Gasteiger partial charge in [-0.15, -0.1) is 0 Å². The van der Waals surface area contributed by atoms with Crippen LogP contribution in [-0.4, -0.2) is 37.2 Å². The van der Waals surface area contributed by atoms with Crippen LogP contribution in [0.25, 0.3) is 0 Å². The van der Waals surface area contributed by atoms with E-state index in [9.17, 15) is 14.4 Å². The Bertz CT molecular complexity index is 1230. The van der Waals surface area contributed by atoms with Crippen LogP contribution in [0, 0.1) is 0 Å². The van der Waals surface area contributed by atoms with Gasteiger partial charge in [0.15, 0.2) is 6.10 Å². The number of unbranched alkanes of at least 4 members (excludes halogenated alkanes) is 26. The summed E-state index contributed by atoms with van der Waals surface area (Å²) in [6, 6.07) is 0. The van der Waals surface area contributed by atoms with Gasteiger partial charge in [-0.2, -0.15) is 0 Å². The zero-order valence-corrected chi connectivity index (χ0v) is 42.7. The molecule has 0 fully saturated rings. The molecule has 0 aromatic carbocycles. The number of hydrogen-bond donors (Lipinski definition) is 0. The third-order valence-electron chi connectivity index (χ3n) is 11.7. The molecule has 0 saturated heterocycles. The molecule has 0 heterocycles. The normalized spacial score (nSPS) is 12.6. The number of ether oxygens (including phenoxy) is 3. The minimum absolute atomic E-state index is 0.0914. The molecule has 0 aromatic heterocycles. The van der Waals surface area contributed by atoms with Crippen molar-refractivity contribution in [1.82, 2.24) is 0 Å². The molecule has 0 amide bonds. The Labute approximate surface area is 402 Å². The fourth-order valence-electron chi connectivity index (χ4n) is 7.54. The van der Waals surface area contributed by atoms with E-state index in [1.165, 1.54) is 116 Å². The van der Waals surface area contributed by atoms with Crippen molar-refractivity contribution in [3.8, 4) is 0 Å². The highest BCUT2D eigenvalue weighted by molar-refractivity contribution is 5.71. The van der Waals surface area contributed by atoms with E-state index in [0.717, 1.165) is 109 Å². The van der Waals surface area contributed by atoms with E-state index in [1.807, 2.05) is 0 Å². The molecule has 0 aliphatic carbocycles. The molecule has 0 aromatic rings. The smallest absolute Gasteiger partial charge is 0.306 e. The van der Waals surface area contributed by atoms with Crippen molar-refractivity contribution in [1.29, 1.82) is 0 Å². The number of carbonyl (C=O) groups excluding carboxylic acids is 3. The molecule has 0 saturated carbocycles. The highest BCUT2D eigenvalue weighted by Gasteiger charge is 2.19. The second-order valence-corrected chi connectivity index (χ2v) is 18.1. The summed E-state index contributed by atoms with van der Waals surface area (Å²) in [5.41, 5.74) is 0. The van der Waals surface area contributed by atoms with Gasteiger partial charge >= 0.3 is 17.9 Å². The van der Waals surface area contributed by atoms with Crippen LogP contribution in [-0.2, 0) is 28.6 Å². The van der Waals surface area contributed by atoms with Gasteiger partial charge in [-0.05, 0) is 109 Å². The number of rotatable bonds is 49. The predicted octanol–water partition coefficient (Wildman–Crippen LogP) is 18.2. The summed E-state index contributed by atoms with van der Waals surface area (Å²) in [7, 11) is 0. The molecule has 0 radical (unpaired) electrons. The molecule has 0 rings (SSSR count). The monoisotopic (exact) mass is 907 g/mol. The van der Waals surface area contributed by atoms with Crippen LogP contribution in [0.4, 0.5) is 0 Å². The minimum Gasteiger partial charge on any atom is -0.462 e. The Kier molecular flexibility index (Phi) is 50.9. The highest BCUT2D eigenvalue weighted by Crippen LogP contribution is 2.15. The van der Waals surface area contributed by atoms with Crippen LogP contribution in [0.3, 0.4) is 0 Å². The van der Waals surface area contributed by atoms with Gasteiger partial charge in [-0.1, -0.05) is 209 Å². The van der Waals surface area contributed by atoms with E-state index in [0.29, 0.717) is 19.3 Å². The first kappa shape index (κ1) is 61.9. The maximum atomic E-state index is 12.8. The lowest BCUT2D eigenvalue weighted by Gasteiger charge is -2.18. The van der Waals surface area contributed by atoms with Crippen LogP contribution < -0.4 is 0 Å². The fraction of sp³-hybridized carbons (Fsp3) is 0.746. The number of carbonyl (C=O) groups is 3. The Hall–Kier alpha value is -3.15. The quantitative estimate of drug-likeness (QED) is 0.0262. The molecule has 0 N–H and O–H groups in total. The van der Waals surface area contributed by atoms with Crippen LogP contribution in [0.2, 0.25) is 0 Å². The van der Waals surface area contributed by atoms with E-state index in [-0.39, 0.29) is 31.1 Å². The van der Waals surface area contributed by atoms with Crippen LogP contribution in [0.15, 0.2) is 72.9 Å². The van der Waals surface area contributed by atoms with Crippen molar-refractivity contribution in [2.75, 3.05) is 13.2 Å². The molecule has 1 atom stereocenters. The third kappa shape index (κ3) is 51.7. The lowest BCUT2D eigenvalue weighted by Crippen LogP contribution is -2.30. The second-order valence-electron chi connectivity index (χ2n) is 18.1. The lowest BCUT2D eigenvalue weighted by atomic mass is 10.1. The minimum atomic E-state index is -0.795. The summed E-state index contributed by atoms with van der Waals surface area (Å²) in [6.45, 7) is 6.46. The molecule has 374 valence electrons.